The first-order chi connectivity index (χ1) is 15.2. The summed E-state index contributed by atoms with van der Waals surface area (Å²) in [6.07, 6.45) is 0.853. The molecule has 7 heteroatoms. The molecule has 156 valence electrons. The van der Waals surface area contributed by atoms with Crippen LogP contribution < -0.4 is 5.32 Å². The number of anilines is 1. The van der Waals surface area contributed by atoms with Gasteiger partial charge in [0.2, 0.25) is 5.91 Å². The van der Waals surface area contributed by atoms with E-state index in [-0.39, 0.29) is 11.7 Å². The molecule has 3 aromatic carbocycles. The molecule has 1 amide bonds. The lowest BCUT2D eigenvalue weighted by molar-refractivity contribution is -0.113. The van der Waals surface area contributed by atoms with Crippen molar-refractivity contribution in [3.05, 3.63) is 95.0 Å². The molecule has 1 heterocycles. The van der Waals surface area contributed by atoms with E-state index in [2.05, 4.69) is 48.1 Å². The van der Waals surface area contributed by atoms with Crippen LogP contribution in [0.15, 0.2) is 94.6 Å². The van der Waals surface area contributed by atoms with Crippen LogP contribution in [0.3, 0.4) is 0 Å². The standard InChI is InChI=1S/C24H21BrN4OS/c25-20-13-11-19(12-14-20)23-27-28-24(29(23)16-15-18-7-3-1-4-8-18)31-17-22(30)26-21-9-5-2-6-10-21/h1-14H,15-17H2,(H,26,30). The number of nitrogens with one attached hydrogen (secondary N) is 1. The highest BCUT2D eigenvalue weighted by atomic mass is 79.9. The van der Waals surface area contributed by atoms with Crippen molar-refractivity contribution >= 4 is 39.3 Å². The van der Waals surface area contributed by atoms with Gasteiger partial charge in [-0.25, -0.2) is 0 Å². The topological polar surface area (TPSA) is 59.8 Å². The van der Waals surface area contributed by atoms with Crippen molar-refractivity contribution in [3.8, 4) is 11.4 Å². The Kier molecular flexibility index (Phi) is 7.17. The van der Waals surface area contributed by atoms with Gasteiger partial charge in [-0.3, -0.25) is 4.79 Å². The third-order valence-electron chi connectivity index (χ3n) is 4.68. The van der Waals surface area contributed by atoms with Gasteiger partial charge in [0, 0.05) is 22.3 Å². The molecule has 31 heavy (non-hydrogen) atoms. The summed E-state index contributed by atoms with van der Waals surface area (Å²) in [6.45, 7) is 0.727. The number of hydrogen-bond donors (Lipinski definition) is 1. The highest BCUT2D eigenvalue weighted by Crippen LogP contribution is 2.26. The summed E-state index contributed by atoms with van der Waals surface area (Å²) >= 11 is 4.88. The number of aryl methyl sites for hydroxylation is 1. The Morgan fingerprint density at radius 2 is 1.58 bits per heavy atom. The Bertz CT molecular complexity index is 1130. The molecule has 0 aliphatic rings. The number of amides is 1. The maximum Gasteiger partial charge on any atom is 0.234 e. The molecule has 0 spiro atoms. The molecule has 1 aromatic heterocycles. The Balaban J connectivity index is 1.51. The minimum atomic E-state index is -0.0704. The quantitative estimate of drug-likeness (QED) is 0.321. The van der Waals surface area contributed by atoms with Crippen LogP contribution in [0.1, 0.15) is 5.56 Å². The van der Waals surface area contributed by atoms with Gasteiger partial charge in [-0.1, -0.05) is 88.4 Å². The molecule has 0 fully saturated rings. The average molecular weight is 493 g/mol. The molecule has 0 saturated carbocycles. The predicted molar refractivity (Wildman–Crippen MR) is 129 cm³/mol. The largest absolute Gasteiger partial charge is 0.325 e. The summed E-state index contributed by atoms with van der Waals surface area (Å²) in [5, 5.41) is 12.5. The number of para-hydroxylation sites is 1. The van der Waals surface area contributed by atoms with Gasteiger partial charge in [-0.2, -0.15) is 0 Å². The molecule has 0 unspecified atom stereocenters. The van der Waals surface area contributed by atoms with Crippen LogP contribution >= 0.6 is 27.7 Å². The number of nitrogens with zero attached hydrogens (tertiary/aromatic N) is 3. The van der Waals surface area contributed by atoms with Gasteiger partial charge in [0.05, 0.1) is 5.75 Å². The number of benzene rings is 3. The number of halogens is 1. The molecule has 1 N–H and O–H groups in total. The fourth-order valence-electron chi connectivity index (χ4n) is 3.14. The first kappa shape index (κ1) is 21.3. The summed E-state index contributed by atoms with van der Waals surface area (Å²) in [6, 6.07) is 27.8. The van der Waals surface area contributed by atoms with Crippen LogP contribution in [-0.2, 0) is 17.8 Å². The molecule has 5 nitrogen and oxygen atoms in total. The van der Waals surface area contributed by atoms with Gasteiger partial charge in [0.1, 0.15) is 0 Å². The lowest BCUT2D eigenvalue weighted by atomic mass is 10.1. The second-order valence-corrected chi connectivity index (χ2v) is 8.76. The van der Waals surface area contributed by atoms with E-state index in [9.17, 15) is 4.79 Å². The van der Waals surface area contributed by atoms with Gasteiger partial charge in [0.15, 0.2) is 11.0 Å². The van der Waals surface area contributed by atoms with Crippen molar-refractivity contribution in [1.82, 2.24) is 14.8 Å². The van der Waals surface area contributed by atoms with E-state index in [1.807, 2.05) is 72.8 Å². The summed E-state index contributed by atoms with van der Waals surface area (Å²) in [4.78, 5) is 12.4. The van der Waals surface area contributed by atoms with Gasteiger partial charge in [0.25, 0.3) is 0 Å². The number of thioether (sulfide) groups is 1. The molecule has 0 bridgehead atoms. The lowest BCUT2D eigenvalue weighted by Gasteiger charge is -2.11. The zero-order valence-electron chi connectivity index (χ0n) is 16.7. The number of aromatic nitrogens is 3. The van der Waals surface area contributed by atoms with Crippen LogP contribution in [0.5, 0.6) is 0 Å². The van der Waals surface area contributed by atoms with Crippen LogP contribution in [0.2, 0.25) is 0 Å². The Morgan fingerprint density at radius 3 is 2.29 bits per heavy atom. The van der Waals surface area contributed by atoms with Crippen molar-refractivity contribution in [2.24, 2.45) is 0 Å². The molecular formula is C24H21BrN4OS. The predicted octanol–water partition coefficient (Wildman–Crippen LogP) is 5.68. The Labute approximate surface area is 194 Å². The molecule has 0 aliphatic carbocycles. The number of hydrogen-bond acceptors (Lipinski definition) is 4. The normalized spacial score (nSPS) is 10.7. The van der Waals surface area contributed by atoms with E-state index in [4.69, 9.17) is 0 Å². The van der Waals surface area contributed by atoms with Crippen molar-refractivity contribution in [1.29, 1.82) is 0 Å². The molecule has 0 radical (unpaired) electrons. The second-order valence-electron chi connectivity index (χ2n) is 6.90. The maximum atomic E-state index is 12.4. The smallest absolute Gasteiger partial charge is 0.234 e. The van der Waals surface area contributed by atoms with Gasteiger partial charge < -0.3 is 9.88 Å². The summed E-state index contributed by atoms with van der Waals surface area (Å²) in [7, 11) is 0. The van der Waals surface area contributed by atoms with Crippen LogP contribution in [0.25, 0.3) is 11.4 Å². The minimum absolute atomic E-state index is 0.0704. The highest BCUT2D eigenvalue weighted by Gasteiger charge is 2.16. The molecule has 0 saturated heterocycles. The summed E-state index contributed by atoms with van der Waals surface area (Å²) < 4.78 is 3.11. The number of rotatable bonds is 8. The lowest BCUT2D eigenvalue weighted by Crippen LogP contribution is -2.14. The van der Waals surface area contributed by atoms with E-state index in [1.165, 1.54) is 17.3 Å². The van der Waals surface area contributed by atoms with Crippen molar-refractivity contribution in [2.45, 2.75) is 18.1 Å². The molecular weight excluding hydrogens is 472 g/mol. The summed E-state index contributed by atoms with van der Waals surface area (Å²) in [5.41, 5.74) is 3.02. The minimum Gasteiger partial charge on any atom is -0.325 e. The Morgan fingerprint density at radius 1 is 0.903 bits per heavy atom. The first-order valence-corrected chi connectivity index (χ1v) is 11.7. The number of carbonyl (C=O) groups is 1. The van der Waals surface area contributed by atoms with E-state index in [0.717, 1.165) is 39.7 Å². The van der Waals surface area contributed by atoms with Gasteiger partial charge >= 0.3 is 0 Å². The van der Waals surface area contributed by atoms with Crippen molar-refractivity contribution in [3.63, 3.8) is 0 Å². The van der Waals surface area contributed by atoms with Crippen LogP contribution in [-0.4, -0.2) is 26.4 Å². The van der Waals surface area contributed by atoms with Gasteiger partial charge in [-0.15, -0.1) is 10.2 Å². The van der Waals surface area contributed by atoms with Crippen LogP contribution in [0, 0.1) is 0 Å². The molecule has 0 atom stereocenters. The van der Waals surface area contributed by atoms with Crippen molar-refractivity contribution < 1.29 is 4.79 Å². The van der Waals surface area contributed by atoms with E-state index < -0.39 is 0 Å². The van der Waals surface area contributed by atoms with Crippen molar-refractivity contribution in [2.75, 3.05) is 11.1 Å². The zero-order valence-corrected chi connectivity index (χ0v) is 19.1. The SMILES string of the molecule is O=C(CSc1nnc(-c2ccc(Br)cc2)n1CCc1ccccc1)Nc1ccccc1. The maximum absolute atomic E-state index is 12.4. The second kappa shape index (κ2) is 10.4. The molecule has 4 rings (SSSR count). The van der Waals surface area contributed by atoms with Gasteiger partial charge in [-0.05, 0) is 36.2 Å². The Hall–Kier alpha value is -2.90. The highest BCUT2D eigenvalue weighted by molar-refractivity contribution is 9.10. The third-order valence-corrected chi connectivity index (χ3v) is 6.17. The average Bonchev–Trinajstić information content (AvgIpc) is 3.21. The zero-order chi connectivity index (χ0) is 21.5. The van der Waals surface area contributed by atoms with E-state index in [1.54, 1.807) is 0 Å². The summed E-state index contributed by atoms with van der Waals surface area (Å²) in [5.74, 6) is 0.993. The van der Waals surface area contributed by atoms with Crippen LogP contribution in [0.4, 0.5) is 5.69 Å². The molecule has 4 aromatic rings. The van der Waals surface area contributed by atoms with E-state index >= 15 is 0 Å². The number of carbonyl (C=O) groups excluding carboxylic acids is 1. The molecule has 0 aliphatic heterocycles. The fraction of sp³-hybridized carbons (Fsp3) is 0.125. The fourth-order valence-corrected chi connectivity index (χ4v) is 4.17. The first-order valence-electron chi connectivity index (χ1n) is 9.90. The third kappa shape index (κ3) is 5.83. The van der Waals surface area contributed by atoms with E-state index in [0.29, 0.717) is 0 Å². The monoisotopic (exact) mass is 492 g/mol.